The van der Waals surface area contributed by atoms with Crippen LogP contribution in [0.1, 0.15) is 47.0 Å². The van der Waals surface area contributed by atoms with Gasteiger partial charge in [-0.3, -0.25) is 0 Å². The summed E-state index contributed by atoms with van der Waals surface area (Å²) in [6.07, 6.45) is 3.32. The zero-order valence-corrected chi connectivity index (χ0v) is 10.7. The Kier molecular flexibility index (Phi) is 4.15. The first-order valence-electron chi connectivity index (χ1n) is 5.94. The van der Waals surface area contributed by atoms with Gasteiger partial charge in [-0.1, -0.05) is 6.92 Å². The highest BCUT2D eigenvalue weighted by molar-refractivity contribution is 4.99. The minimum Gasteiger partial charge on any atom is -0.352 e. The zero-order valence-electron chi connectivity index (χ0n) is 10.7. The molecule has 3 atom stereocenters. The molecule has 3 nitrogen and oxygen atoms in total. The molecule has 90 valence electrons. The van der Waals surface area contributed by atoms with Crippen LogP contribution < -0.4 is 5.32 Å². The minimum absolute atomic E-state index is 0.0879. The lowest BCUT2D eigenvalue weighted by molar-refractivity contribution is -0.273. The van der Waals surface area contributed by atoms with Crippen molar-refractivity contribution >= 4 is 0 Å². The molecule has 0 bridgehead atoms. The fourth-order valence-corrected chi connectivity index (χ4v) is 2.21. The van der Waals surface area contributed by atoms with E-state index in [1.54, 1.807) is 7.11 Å². The number of ether oxygens (including phenoxy) is 2. The van der Waals surface area contributed by atoms with Gasteiger partial charge in [0.15, 0.2) is 5.79 Å². The monoisotopic (exact) mass is 215 g/mol. The smallest absolute Gasteiger partial charge is 0.183 e. The maximum absolute atomic E-state index is 5.79. The van der Waals surface area contributed by atoms with E-state index in [1.807, 2.05) is 6.92 Å². The van der Waals surface area contributed by atoms with Gasteiger partial charge in [-0.25, -0.2) is 0 Å². The SMILES string of the molecule is CCC(C)N[C@@]1(C)CCCO[C@@]1(C)OC. The van der Waals surface area contributed by atoms with Crippen molar-refractivity contribution in [2.24, 2.45) is 0 Å². The maximum Gasteiger partial charge on any atom is 0.183 e. The molecule has 0 radical (unpaired) electrons. The first kappa shape index (κ1) is 12.9. The molecule has 15 heavy (non-hydrogen) atoms. The highest BCUT2D eigenvalue weighted by atomic mass is 16.7. The maximum atomic E-state index is 5.79. The molecule has 1 heterocycles. The normalized spacial score (nSPS) is 39.0. The Bertz CT molecular complexity index is 210. The summed E-state index contributed by atoms with van der Waals surface area (Å²) in [5, 5.41) is 3.64. The van der Waals surface area contributed by atoms with Crippen molar-refractivity contribution in [3.8, 4) is 0 Å². The van der Waals surface area contributed by atoms with E-state index in [1.165, 1.54) is 0 Å². The Balaban J connectivity index is 2.76. The van der Waals surface area contributed by atoms with Gasteiger partial charge < -0.3 is 14.8 Å². The van der Waals surface area contributed by atoms with Crippen molar-refractivity contribution in [1.29, 1.82) is 0 Å². The van der Waals surface area contributed by atoms with Crippen LogP contribution in [-0.2, 0) is 9.47 Å². The third-order valence-corrected chi connectivity index (χ3v) is 3.77. The summed E-state index contributed by atoms with van der Waals surface area (Å²) in [5.74, 6) is -0.505. The summed E-state index contributed by atoms with van der Waals surface area (Å²) in [7, 11) is 1.72. The lowest BCUT2D eigenvalue weighted by Crippen LogP contribution is -2.65. The van der Waals surface area contributed by atoms with Gasteiger partial charge in [0.2, 0.25) is 0 Å². The Labute approximate surface area is 93.5 Å². The summed E-state index contributed by atoms with van der Waals surface area (Å²) in [6, 6.07) is 0.492. The lowest BCUT2D eigenvalue weighted by atomic mass is 9.84. The molecule has 1 aliphatic heterocycles. The van der Waals surface area contributed by atoms with Crippen molar-refractivity contribution in [3.05, 3.63) is 0 Å². The lowest BCUT2D eigenvalue weighted by Gasteiger charge is -2.49. The highest BCUT2D eigenvalue weighted by Gasteiger charge is 2.48. The van der Waals surface area contributed by atoms with E-state index in [9.17, 15) is 0 Å². The molecule has 0 spiro atoms. The Morgan fingerprint density at radius 2 is 2.13 bits per heavy atom. The third-order valence-electron chi connectivity index (χ3n) is 3.77. The third kappa shape index (κ3) is 2.52. The largest absolute Gasteiger partial charge is 0.352 e. The molecule has 0 aromatic heterocycles. The molecule has 0 amide bonds. The Morgan fingerprint density at radius 3 is 2.67 bits per heavy atom. The predicted molar refractivity (Wildman–Crippen MR) is 61.9 cm³/mol. The minimum atomic E-state index is -0.505. The van der Waals surface area contributed by atoms with E-state index in [0.717, 1.165) is 25.9 Å². The highest BCUT2D eigenvalue weighted by Crippen LogP contribution is 2.35. The molecule has 0 saturated carbocycles. The van der Waals surface area contributed by atoms with E-state index in [0.29, 0.717) is 6.04 Å². The molecule has 1 N–H and O–H groups in total. The Hall–Kier alpha value is -0.120. The van der Waals surface area contributed by atoms with Gasteiger partial charge in [-0.2, -0.15) is 0 Å². The number of hydrogen-bond donors (Lipinski definition) is 1. The van der Waals surface area contributed by atoms with Gasteiger partial charge in [0.25, 0.3) is 0 Å². The van der Waals surface area contributed by atoms with E-state index in [-0.39, 0.29) is 5.54 Å². The molecule has 1 unspecified atom stereocenters. The number of methoxy groups -OCH3 is 1. The second kappa shape index (κ2) is 4.81. The van der Waals surface area contributed by atoms with Crippen LogP contribution >= 0.6 is 0 Å². The van der Waals surface area contributed by atoms with Crippen molar-refractivity contribution in [2.75, 3.05) is 13.7 Å². The van der Waals surface area contributed by atoms with Gasteiger partial charge >= 0.3 is 0 Å². The van der Waals surface area contributed by atoms with Crippen LogP contribution in [0.5, 0.6) is 0 Å². The summed E-state index contributed by atoms with van der Waals surface area (Å²) in [5.41, 5.74) is -0.0879. The van der Waals surface area contributed by atoms with Crippen LogP contribution in [0.2, 0.25) is 0 Å². The van der Waals surface area contributed by atoms with Crippen LogP contribution in [0.3, 0.4) is 0 Å². The molecule has 1 fully saturated rings. The van der Waals surface area contributed by atoms with Gasteiger partial charge in [-0.05, 0) is 40.0 Å². The second-order valence-electron chi connectivity index (χ2n) is 4.89. The predicted octanol–water partition coefficient (Wildman–Crippen LogP) is 2.31. The summed E-state index contributed by atoms with van der Waals surface area (Å²) >= 11 is 0. The average molecular weight is 215 g/mol. The van der Waals surface area contributed by atoms with Crippen molar-refractivity contribution in [2.45, 2.75) is 64.3 Å². The molecule has 1 saturated heterocycles. The van der Waals surface area contributed by atoms with Gasteiger partial charge in [0, 0.05) is 13.2 Å². The van der Waals surface area contributed by atoms with Crippen LogP contribution in [0.4, 0.5) is 0 Å². The topological polar surface area (TPSA) is 30.5 Å². The molecular weight excluding hydrogens is 190 g/mol. The van der Waals surface area contributed by atoms with E-state index in [4.69, 9.17) is 9.47 Å². The Morgan fingerprint density at radius 1 is 1.47 bits per heavy atom. The molecule has 1 rings (SSSR count). The quantitative estimate of drug-likeness (QED) is 0.780. The molecule has 3 heteroatoms. The van der Waals surface area contributed by atoms with E-state index < -0.39 is 5.79 Å². The fraction of sp³-hybridized carbons (Fsp3) is 1.00. The van der Waals surface area contributed by atoms with Crippen LogP contribution in [0.25, 0.3) is 0 Å². The first-order chi connectivity index (χ1) is 6.97. The van der Waals surface area contributed by atoms with Crippen molar-refractivity contribution < 1.29 is 9.47 Å². The van der Waals surface area contributed by atoms with Crippen molar-refractivity contribution in [3.63, 3.8) is 0 Å². The molecule has 1 aliphatic rings. The molecular formula is C12H25NO2. The molecule has 0 aromatic carbocycles. The second-order valence-corrected chi connectivity index (χ2v) is 4.89. The van der Waals surface area contributed by atoms with E-state index in [2.05, 4.69) is 26.1 Å². The molecule has 0 aromatic rings. The fourth-order valence-electron chi connectivity index (χ4n) is 2.21. The number of hydrogen-bond acceptors (Lipinski definition) is 3. The summed E-state index contributed by atoms with van der Waals surface area (Å²) in [4.78, 5) is 0. The van der Waals surface area contributed by atoms with Crippen molar-refractivity contribution in [1.82, 2.24) is 5.32 Å². The van der Waals surface area contributed by atoms with Gasteiger partial charge in [-0.15, -0.1) is 0 Å². The zero-order chi connectivity index (χ0) is 11.5. The van der Waals surface area contributed by atoms with Crippen LogP contribution in [0, 0.1) is 0 Å². The van der Waals surface area contributed by atoms with Gasteiger partial charge in [0.05, 0.1) is 12.1 Å². The standard InChI is InChI=1S/C12H25NO2/c1-6-10(2)13-11(3)8-7-9-15-12(11,4)14-5/h10,13H,6-9H2,1-5H3/t10?,11-,12+/m0/s1. The number of rotatable bonds is 4. The summed E-state index contributed by atoms with van der Waals surface area (Å²) in [6.45, 7) is 9.41. The number of nitrogens with one attached hydrogen (secondary N) is 1. The average Bonchev–Trinajstić information content (AvgIpc) is 2.22. The molecule has 0 aliphatic carbocycles. The van der Waals surface area contributed by atoms with Crippen LogP contribution in [-0.4, -0.2) is 31.1 Å². The first-order valence-corrected chi connectivity index (χ1v) is 5.94. The van der Waals surface area contributed by atoms with E-state index >= 15 is 0 Å². The van der Waals surface area contributed by atoms with Crippen LogP contribution in [0.15, 0.2) is 0 Å². The summed E-state index contributed by atoms with van der Waals surface area (Å²) < 4.78 is 11.3. The van der Waals surface area contributed by atoms with Gasteiger partial charge in [0.1, 0.15) is 0 Å².